The zero-order valence-electron chi connectivity index (χ0n) is 9.94. The van der Waals surface area contributed by atoms with Crippen LogP contribution in [0.5, 0.6) is 5.06 Å². The molecule has 4 nitrogen and oxygen atoms in total. The van der Waals surface area contributed by atoms with Crippen LogP contribution in [0.4, 0.5) is 10.1 Å². The van der Waals surface area contributed by atoms with Crippen LogP contribution in [-0.2, 0) is 0 Å². The fourth-order valence-corrected chi connectivity index (χ4v) is 3.63. The highest BCUT2D eigenvalue weighted by Gasteiger charge is 2.06. The maximum Gasteiger partial charge on any atom is 0.229 e. The molecule has 0 radical (unpaired) electrons. The Labute approximate surface area is 122 Å². The van der Waals surface area contributed by atoms with Gasteiger partial charge in [0.25, 0.3) is 0 Å². The second-order valence-corrected chi connectivity index (χ2v) is 6.46. The Morgan fingerprint density at radius 3 is 2.63 bits per heavy atom. The summed E-state index contributed by atoms with van der Waals surface area (Å²) in [5.74, 6) is 0. The lowest BCUT2D eigenvalue weighted by molar-refractivity contribution is 0.427. The van der Waals surface area contributed by atoms with Gasteiger partial charge in [-0.2, -0.15) is 0 Å². The summed E-state index contributed by atoms with van der Waals surface area (Å²) in [6.45, 7) is 0. The van der Waals surface area contributed by atoms with Crippen LogP contribution in [0.2, 0.25) is 0 Å². The molecule has 0 aliphatic carbocycles. The van der Waals surface area contributed by atoms with Gasteiger partial charge >= 0.3 is 0 Å². The molecule has 0 N–H and O–H groups in total. The van der Waals surface area contributed by atoms with E-state index in [4.69, 9.17) is 4.74 Å². The molecular formula is C12H9N3OS3. The number of methoxy groups -OCH3 is 1. The quantitative estimate of drug-likeness (QED) is 0.609. The Morgan fingerprint density at radius 2 is 1.89 bits per heavy atom. The molecule has 0 saturated carbocycles. The van der Waals surface area contributed by atoms with Crippen LogP contribution in [0.1, 0.15) is 0 Å². The summed E-state index contributed by atoms with van der Waals surface area (Å²) in [5, 5.41) is 12.6. The molecule has 3 aromatic rings. The predicted molar refractivity (Wildman–Crippen MR) is 80.5 cm³/mol. The van der Waals surface area contributed by atoms with Crippen LogP contribution in [-0.4, -0.2) is 12.1 Å². The Morgan fingerprint density at radius 1 is 1.05 bits per heavy atom. The molecule has 0 aliphatic rings. The molecule has 0 bridgehead atoms. The predicted octanol–water partition coefficient (Wildman–Crippen LogP) is 5.36. The molecule has 0 aliphatic heterocycles. The highest BCUT2D eigenvalue weighted by molar-refractivity contribution is 7.24. The van der Waals surface area contributed by atoms with E-state index in [1.165, 1.54) is 21.1 Å². The molecule has 7 heteroatoms. The molecule has 0 atom stereocenters. The van der Waals surface area contributed by atoms with Crippen molar-refractivity contribution in [1.82, 2.24) is 4.98 Å². The molecule has 3 heterocycles. The Bertz CT molecular complexity index is 685. The fourth-order valence-electron chi connectivity index (χ4n) is 1.43. The van der Waals surface area contributed by atoms with Gasteiger partial charge in [0.1, 0.15) is 5.00 Å². The van der Waals surface area contributed by atoms with E-state index in [-0.39, 0.29) is 0 Å². The minimum absolute atomic E-state index is 0.674. The summed E-state index contributed by atoms with van der Waals surface area (Å²) in [6.07, 6.45) is 1.72. The first-order valence-corrected chi connectivity index (χ1v) is 7.92. The van der Waals surface area contributed by atoms with Crippen LogP contribution >= 0.6 is 34.0 Å². The summed E-state index contributed by atoms with van der Waals surface area (Å²) in [5.41, 5.74) is 0. The number of thiophene rings is 2. The van der Waals surface area contributed by atoms with Crippen LogP contribution in [0, 0.1) is 0 Å². The largest absolute Gasteiger partial charge is 0.487 e. The molecule has 0 spiro atoms. The molecule has 3 aromatic heterocycles. The van der Waals surface area contributed by atoms with Crippen molar-refractivity contribution in [2.75, 3.05) is 7.11 Å². The maximum atomic E-state index is 5.19. The monoisotopic (exact) mass is 307 g/mol. The van der Waals surface area contributed by atoms with Crippen molar-refractivity contribution >= 4 is 44.1 Å². The van der Waals surface area contributed by atoms with Gasteiger partial charge in [-0.15, -0.1) is 32.9 Å². The molecule has 96 valence electrons. The van der Waals surface area contributed by atoms with E-state index in [1.807, 2.05) is 23.6 Å². The summed E-state index contributed by atoms with van der Waals surface area (Å²) >= 11 is 4.69. The van der Waals surface area contributed by atoms with Crippen molar-refractivity contribution < 1.29 is 4.74 Å². The van der Waals surface area contributed by atoms with E-state index in [2.05, 4.69) is 21.3 Å². The second kappa shape index (κ2) is 5.60. The molecule has 0 amide bonds. The van der Waals surface area contributed by atoms with E-state index in [9.17, 15) is 0 Å². The zero-order valence-corrected chi connectivity index (χ0v) is 12.4. The van der Waals surface area contributed by atoms with Crippen molar-refractivity contribution in [3.8, 4) is 14.8 Å². The van der Waals surface area contributed by atoms with Crippen LogP contribution < -0.4 is 4.74 Å². The van der Waals surface area contributed by atoms with Gasteiger partial charge in [0.2, 0.25) is 5.13 Å². The van der Waals surface area contributed by atoms with Crippen LogP contribution in [0.15, 0.2) is 46.1 Å². The van der Waals surface area contributed by atoms with Crippen molar-refractivity contribution in [3.05, 3.63) is 35.8 Å². The van der Waals surface area contributed by atoms with E-state index in [0.29, 0.717) is 5.13 Å². The molecule has 19 heavy (non-hydrogen) atoms. The molecule has 0 fully saturated rings. The van der Waals surface area contributed by atoms with Gasteiger partial charge in [-0.3, -0.25) is 0 Å². The SMILES string of the molecule is COc1ccc(-c2ccc(/N=N/c3nccs3)s2)s1. The first kappa shape index (κ1) is 12.5. The average Bonchev–Trinajstić information content (AvgIpc) is 3.16. The van der Waals surface area contributed by atoms with Gasteiger partial charge in [-0.05, 0) is 24.3 Å². The number of azo groups is 1. The third-order valence-corrected chi connectivity index (χ3v) is 5.14. The first-order valence-electron chi connectivity index (χ1n) is 5.40. The Kier molecular flexibility index (Phi) is 3.67. The number of hydrogen-bond donors (Lipinski definition) is 0. The fraction of sp³-hybridized carbons (Fsp3) is 0.0833. The first-order chi connectivity index (χ1) is 9.35. The summed E-state index contributed by atoms with van der Waals surface area (Å²) in [4.78, 5) is 6.41. The van der Waals surface area contributed by atoms with E-state index in [1.54, 1.807) is 36.0 Å². The van der Waals surface area contributed by atoms with E-state index in [0.717, 1.165) is 10.1 Å². The average molecular weight is 307 g/mol. The van der Waals surface area contributed by atoms with Gasteiger partial charge in [-0.1, -0.05) is 11.3 Å². The number of aromatic nitrogens is 1. The lowest BCUT2D eigenvalue weighted by Gasteiger charge is -1.90. The summed E-state index contributed by atoms with van der Waals surface area (Å²) in [7, 11) is 1.68. The molecule has 0 unspecified atom stereocenters. The minimum atomic E-state index is 0.674. The Hall–Kier alpha value is -1.57. The third kappa shape index (κ3) is 2.89. The Balaban J connectivity index is 1.79. The molecule has 0 aromatic carbocycles. The summed E-state index contributed by atoms with van der Waals surface area (Å²) < 4.78 is 5.19. The maximum absolute atomic E-state index is 5.19. The summed E-state index contributed by atoms with van der Waals surface area (Å²) in [6, 6.07) is 8.03. The second-order valence-electron chi connectivity index (χ2n) is 3.48. The third-order valence-electron chi connectivity index (χ3n) is 2.27. The highest BCUT2D eigenvalue weighted by Crippen LogP contribution is 2.39. The van der Waals surface area contributed by atoms with Gasteiger partial charge in [0.05, 0.1) is 7.11 Å². The highest BCUT2D eigenvalue weighted by atomic mass is 32.1. The van der Waals surface area contributed by atoms with Crippen LogP contribution in [0.3, 0.4) is 0 Å². The number of ether oxygens (including phenoxy) is 1. The van der Waals surface area contributed by atoms with Crippen LogP contribution in [0.25, 0.3) is 9.75 Å². The number of hydrogen-bond acceptors (Lipinski definition) is 7. The number of rotatable bonds is 4. The van der Waals surface area contributed by atoms with Gasteiger partial charge in [0.15, 0.2) is 5.06 Å². The number of nitrogens with zero attached hydrogens (tertiary/aromatic N) is 3. The lowest BCUT2D eigenvalue weighted by Crippen LogP contribution is -1.73. The van der Waals surface area contributed by atoms with Gasteiger partial charge in [0, 0.05) is 21.3 Å². The van der Waals surface area contributed by atoms with Gasteiger partial charge < -0.3 is 4.74 Å². The van der Waals surface area contributed by atoms with Crippen molar-refractivity contribution in [1.29, 1.82) is 0 Å². The van der Waals surface area contributed by atoms with E-state index >= 15 is 0 Å². The van der Waals surface area contributed by atoms with Crippen molar-refractivity contribution in [2.24, 2.45) is 10.2 Å². The molecule has 3 rings (SSSR count). The lowest BCUT2D eigenvalue weighted by atomic mass is 10.4. The topological polar surface area (TPSA) is 46.8 Å². The van der Waals surface area contributed by atoms with Crippen molar-refractivity contribution in [3.63, 3.8) is 0 Å². The zero-order chi connectivity index (χ0) is 13.1. The standard InChI is InChI=1S/C12H9N3OS3/c1-16-11-5-3-9(19-11)8-2-4-10(18-8)14-15-12-13-6-7-17-12/h2-7H,1H3/b15-14+. The molecular weight excluding hydrogens is 298 g/mol. The van der Waals surface area contributed by atoms with Crippen molar-refractivity contribution in [2.45, 2.75) is 0 Å². The minimum Gasteiger partial charge on any atom is -0.487 e. The molecule has 0 saturated heterocycles. The van der Waals surface area contributed by atoms with Gasteiger partial charge in [-0.25, -0.2) is 4.98 Å². The smallest absolute Gasteiger partial charge is 0.229 e. The normalized spacial score (nSPS) is 11.2. The van der Waals surface area contributed by atoms with E-state index < -0.39 is 0 Å². The number of thiazole rings is 1.